The number of rotatable bonds is 4. The van der Waals surface area contributed by atoms with Gasteiger partial charge in [-0.3, -0.25) is 4.68 Å². The van der Waals surface area contributed by atoms with Crippen LogP contribution in [0.3, 0.4) is 0 Å². The maximum Gasteiger partial charge on any atom is 0.229 e. The number of hydrogen-bond acceptors (Lipinski definition) is 6. The third kappa shape index (κ3) is 3.14. The van der Waals surface area contributed by atoms with Gasteiger partial charge in [-0.1, -0.05) is 19.3 Å². The molecule has 120 valence electrons. The van der Waals surface area contributed by atoms with Gasteiger partial charge in [0, 0.05) is 19.3 Å². The third-order valence-electron chi connectivity index (χ3n) is 4.21. The number of fused-ring (bicyclic) bond motifs is 1. The van der Waals surface area contributed by atoms with Crippen LogP contribution in [0.25, 0.3) is 10.2 Å². The fourth-order valence-corrected chi connectivity index (χ4v) is 3.86. The standard InChI is InChI=1S/C16H20N6S/c1-22-10-12(9-17-22)19-16-20-13-7-8-23-14(13)15(21-16)18-11-5-3-2-4-6-11/h7-11H,2-6H2,1H3,(H2,18,19,20,21). The number of aryl methyl sites for hydroxylation is 1. The minimum Gasteiger partial charge on any atom is -0.366 e. The molecular formula is C16H20N6S. The Morgan fingerprint density at radius 3 is 2.87 bits per heavy atom. The fraction of sp³-hybridized carbons (Fsp3) is 0.438. The molecule has 0 aromatic carbocycles. The lowest BCUT2D eigenvalue weighted by molar-refractivity contribution is 0.462. The van der Waals surface area contributed by atoms with E-state index in [0.29, 0.717) is 12.0 Å². The van der Waals surface area contributed by atoms with Crippen molar-refractivity contribution in [2.24, 2.45) is 7.05 Å². The molecule has 1 fully saturated rings. The molecule has 0 aliphatic heterocycles. The summed E-state index contributed by atoms with van der Waals surface area (Å²) in [7, 11) is 1.89. The summed E-state index contributed by atoms with van der Waals surface area (Å²) in [5.74, 6) is 1.56. The zero-order chi connectivity index (χ0) is 15.6. The Hall–Kier alpha value is -2.15. The van der Waals surface area contributed by atoms with Gasteiger partial charge in [-0.05, 0) is 24.3 Å². The Morgan fingerprint density at radius 1 is 1.22 bits per heavy atom. The van der Waals surface area contributed by atoms with Gasteiger partial charge < -0.3 is 10.6 Å². The number of nitrogens with zero attached hydrogens (tertiary/aromatic N) is 4. The molecule has 0 radical (unpaired) electrons. The number of hydrogen-bond donors (Lipinski definition) is 2. The number of nitrogens with one attached hydrogen (secondary N) is 2. The molecule has 0 unspecified atom stereocenters. The summed E-state index contributed by atoms with van der Waals surface area (Å²) in [6, 6.07) is 2.57. The average molecular weight is 328 g/mol. The van der Waals surface area contributed by atoms with E-state index in [2.05, 4.69) is 26.1 Å². The van der Waals surface area contributed by atoms with Crippen LogP contribution in [-0.4, -0.2) is 25.8 Å². The highest BCUT2D eigenvalue weighted by atomic mass is 32.1. The normalized spacial score (nSPS) is 15.9. The first kappa shape index (κ1) is 14.4. The molecule has 7 heteroatoms. The molecule has 1 aliphatic carbocycles. The molecule has 6 nitrogen and oxygen atoms in total. The van der Waals surface area contributed by atoms with E-state index in [1.807, 2.05) is 19.3 Å². The van der Waals surface area contributed by atoms with Gasteiger partial charge in [0.15, 0.2) is 0 Å². The summed E-state index contributed by atoms with van der Waals surface area (Å²) >= 11 is 1.69. The Kier molecular flexibility index (Phi) is 3.87. The highest BCUT2D eigenvalue weighted by Gasteiger charge is 2.17. The fourth-order valence-electron chi connectivity index (χ4n) is 3.07. The van der Waals surface area contributed by atoms with Gasteiger partial charge in [-0.2, -0.15) is 10.1 Å². The number of thiophene rings is 1. The van der Waals surface area contributed by atoms with Crippen molar-refractivity contribution < 1.29 is 0 Å². The monoisotopic (exact) mass is 328 g/mol. The van der Waals surface area contributed by atoms with Gasteiger partial charge in [-0.25, -0.2) is 4.98 Å². The van der Waals surface area contributed by atoms with Crippen LogP contribution in [0.15, 0.2) is 23.8 Å². The predicted molar refractivity (Wildman–Crippen MR) is 94.4 cm³/mol. The van der Waals surface area contributed by atoms with Gasteiger partial charge in [0.25, 0.3) is 0 Å². The Bertz CT molecular complexity index is 802. The highest BCUT2D eigenvalue weighted by molar-refractivity contribution is 7.17. The summed E-state index contributed by atoms with van der Waals surface area (Å²) in [6.07, 6.45) is 10.1. The van der Waals surface area contributed by atoms with E-state index in [9.17, 15) is 0 Å². The molecule has 4 rings (SSSR count). The van der Waals surface area contributed by atoms with Crippen LogP contribution in [0.4, 0.5) is 17.5 Å². The van der Waals surface area contributed by atoms with E-state index in [4.69, 9.17) is 4.98 Å². The molecule has 3 heterocycles. The predicted octanol–water partition coefficient (Wildman–Crippen LogP) is 3.91. The molecule has 0 spiro atoms. The Balaban J connectivity index is 1.63. The molecule has 0 bridgehead atoms. The van der Waals surface area contributed by atoms with Crippen LogP contribution >= 0.6 is 11.3 Å². The molecule has 1 saturated carbocycles. The molecule has 2 N–H and O–H groups in total. The van der Waals surface area contributed by atoms with E-state index in [1.165, 1.54) is 32.1 Å². The zero-order valence-electron chi connectivity index (χ0n) is 13.1. The van der Waals surface area contributed by atoms with Gasteiger partial charge >= 0.3 is 0 Å². The van der Waals surface area contributed by atoms with E-state index >= 15 is 0 Å². The number of anilines is 3. The summed E-state index contributed by atoms with van der Waals surface area (Å²) in [4.78, 5) is 9.32. The van der Waals surface area contributed by atoms with Crippen LogP contribution in [0, 0.1) is 0 Å². The summed E-state index contributed by atoms with van der Waals surface area (Å²) in [5.41, 5.74) is 1.88. The molecule has 3 aromatic heterocycles. The van der Waals surface area contributed by atoms with Gasteiger partial charge in [0.2, 0.25) is 5.95 Å². The molecule has 0 amide bonds. The van der Waals surface area contributed by atoms with Gasteiger partial charge in [-0.15, -0.1) is 11.3 Å². The molecule has 3 aromatic rings. The van der Waals surface area contributed by atoms with Crippen molar-refractivity contribution in [1.29, 1.82) is 0 Å². The largest absolute Gasteiger partial charge is 0.366 e. The van der Waals surface area contributed by atoms with E-state index in [-0.39, 0.29) is 0 Å². The summed E-state index contributed by atoms with van der Waals surface area (Å²) < 4.78 is 2.89. The maximum atomic E-state index is 4.71. The lowest BCUT2D eigenvalue weighted by Crippen LogP contribution is -2.23. The van der Waals surface area contributed by atoms with Crippen LogP contribution in [0.1, 0.15) is 32.1 Å². The molecule has 0 saturated heterocycles. The SMILES string of the molecule is Cn1cc(Nc2nc(NC3CCCCC3)c3sccc3n2)cn1. The zero-order valence-corrected chi connectivity index (χ0v) is 13.9. The number of aromatic nitrogens is 4. The van der Waals surface area contributed by atoms with Crippen molar-refractivity contribution in [3.8, 4) is 0 Å². The van der Waals surface area contributed by atoms with Crippen molar-refractivity contribution in [3.05, 3.63) is 23.8 Å². The van der Waals surface area contributed by atoms with E-state index < -0.39 is 0 Å². The minimum absolute atomic E-state index is 0.523. The lowest BCUT2D eigenvalue weighted by Gasteiger charge is -2.23. The van der Waals surface area contributed by atoms with Crippen molar-refractivity contribution in [2.75, 3.05) is 10.6 Å². The van der Waals surface area contributed by atoms with Crippen molar-refractivity contribution >= 4 is 39.0 Å². The van der Waals surface area contributed by atoms with Crippen molar-refractivity contribution in [1.82, 2.24) is 19.7 Å². The van der Waals surface area contributed by atoms with Crippen LogP contribution < -0.4 is 10.6 Å². The lowest BCUT2D eigenvalue weighted by atomic mass is 9.95. The first-order chi connectivity index (χ1) is 11.3. The topological polar surface area (TPSA) is 67.7 Å². The van der Waals surface area contributed by atoms with Gasteiger partial charge in [0.05, 0.1) is 22.1 Å². The average Bonchev–Trinajstić information content (AvgIpc) is 3.17. The van der Waals surface area contributed by atoms with Crippen LogP contribution in [-0.2, 0) is 7.05 Å². The first-order valence-electron chi connectivity index (χ1n) is 8.05. The van der Waals surface area contributed by atoms with E-state index in [0.717, 1.165) is 21.7 Å². The maximum absolute atomic E-state index is 4.71. The first-order valence-corrected chi connectivity index (χ1v) is 8.93. The van der Waals surface area contributed by atoms with E-state index in [1.54, 1.807) is 22.2 Å². The second-order valence-corrected chi connectivity index (χ2v) is 6.95. The van der Waals surface area contributed by atoms with Gasteiger partial charge in [0.1, 0.15) is 5.82 Å². The molecule has 1 aliphatic rings. The quantitative estimate of drug-likeness (QED) is 0.760. The second kappa shape index (κ2) is 6.16. The van der Waals surface area contributed by atoms with Crippen LogP contribution in [0.2, 0.25) is 0 Å². The molecule has 0 atom stereocenters. The Labute approximate surface area is 139 Å². The summed E-state index contributed by atoms with van der Waals surface area (Å²) in [5, 5.41) is 13.1. The molecule has 23 heavy (non-hydrogen) atoms. The summed E-state index contributed by atoms with van der Waals surface area (Å²) in [6.45, 7) is 0. The Morgan fingerprint density at radius 2 is 2.09 bits per heavy atom. The van der Waals surface area contributed by atoms with Crippen molar-refractivity contribution in [2.45, 2.75) is 38.1 Å². The highest BCUT2D eigenvalue weighted by Crippen LogP contribution is 2.30. The second-order valence-electron chi connectivity index (χ2n) is 6.04. The van der Waals surface area contributed by atoms with Crippen LogP contribution in [0.5, 0.6) is 0 Å². The van der Waals surface area contributed by atoms with Crippen molar-refractivity contribution in [3.63, 3.8) is 0 Å². The smallest absolute Gasteiger partial charge is 0.229 e. The minimum atomic E-state index is 0.523. The third-order valence-corrected chi connectivity index (χ3v) is 5.12. The molecular weight excluding hydrogens is 308 g/mol.